The molecule has 2 fully saturated rings. The maximum Gasteiger partial charge on any atom is 0.408 e. The van der Waals surface area contributed by atoms with Crippen LogP contribution >= 0.6 is 0 Å². The number of oxime groups is 1. The van der Waals surface area contributed by atoms with Crippen LogP contribution < -0.4 is 10.6 Å². The molecule has 292 valence electrons. The first-order valence-electron chi connectivity index (χ1n) is 19.7. The molecular weight excluding hydrogens is 709 g/mol. The van der Waals surface area contributed by atoms with Crippen LogP contribution in [0.2, 0.25) is 0 Å². The van der Waals surface area contributed by atoms with Crippen molar-refractivity contribution in [2.24, 2.45) is 16.5 Å². The number of benzene rings is 4. The van der Waals surface area contributed by atoms with E-state index in [1.165, 1.54) is 4.90 Å². The Labute approximate surface area is 327 Å². The second kappa shape index (κ2) is 15.9. The second-order valence-electron chi connectivity index (χ2n) is 16.6. The quantitative estimate of drug-likeness (QED) is 0.110. The number of ketones is 2. The summed E-state index contributed by atoms with van der Waals surface area (Å²) in [4.78, 5) is 76.7. The van der Waals surface area contributed by atoms with Gasteiger partial charge in [0, 0.05) is 36.8 Å². The molecule has 0 radical (unpaired) electrons. The molecule has 4 atom stereocenters. The molecule has 0 aromatic heterocycles. The summed E-state index contributed by atoms with van der Waals surface area (Å²) < 4.78 is 5.52. The minimum absolute atomic E-state index is 0.000937. The van der Waals surface area contributed by atoms with E-state index in [1.807, 2.05) is 82.3 Å². The third-order valence-electron chi connectivity index (χ3n) is 11.1. The minimum atomic E-state index is -1.07. The second-order valence-corrected chi connectivity index (χ2v) is 16.6. The van der Waals surface area contributed by atoms with Crippen molar-refractivity contribution in [2.75, 3.05) is 6.54 Å². The Balaban J connectivity index is 1.18. The summed E-state index contributed by atoms with van der Waals surface area (Å²) in [5, 5.41) is 14.4. The summed E-state index contributed by atoms with van der Waals surface area (Å²) in [6, 6.07) is 25.5. The zero-order valence-electron chi connectivity index (χ0n) is 32.5. The van der Waals surface area contributed by atoms with Crippen LogP contribution in [0.15, 0.2) is 90.1 Å². The number of nitrogens with zero attached hydrogens (tertiary/aromatic N) is 2. The fraction of sp³-hybridized carbons (Fsp3) is 0.422. The van der Waals surface area contributed by atoms with E-state index in [9.17, 15) is 24.0 Å². The van der Waals surface area contributed by atoms with Gasteiger partial charge in [0.25, 0.3) is 5.91 Å². The third kappa shape index (κ3) is 8.32. The number of likely N-dealkylation sites (tertiary alicyclic amines) is 1. The zero-order chi connectivity index (χ0) is 39.6. The normalized spacial score (nSPS) is 20.3. The van der Waals surface area contributed by atoms with E-state index in [-0.39, 0.29) is 37.8 Å². The number of nitrogens with one attached hydrogen (secondary N) is 2. The van der Waals surface area contributed by atoms with Gasteiger partial charge in [-0.25, -0.2) is 4.79 Å². The topological polar surface area (TPSA) is 143 Å². The first kappa shape index (κ1) is 38.7. The van der Waals surface area contributed by atoms with E-state index in [4.69, 9.17) is 9.57 Å². The molecule has 4 aromatic carbocycles. The Hall–Kier alpha value is -5.58. The molecular formula is C45H50N4O7. The molecule has 3 aliphatic rings. The average Bonchev–Trinajstić information content (AvgIpc) is 3.79. The van der Waals surface area contributed by atoms with Gasteiger partial charge in [0.05, 0.1) is 18.3 Å². The van der Waals surface area contributed by atoms with Crippen LogP contribution in [-0.2, 0) is 35.4 Å². The summed E-state index contributed by atoms with van der Waals surface area (Å²) in [7, 11) is 0. The summed E-state index contributed by atoms with van der Waals surface area (Å²) in [6.07, 6.45) is 2.10. The number of rotatable bonds is 13. The van der Waals surface area contributed by atoms with Crippen molar-refractivity contribution in [1.82, 2.24) is 15.5 Å². The van der Waals surface area contributed by atoms with Crippen LogP contribution in [0.3, 0.4) is 0 Å². The van der Waals surface area contributed by atoms with Crippen LogP contribution in [-0.4, -0.2) is 70.4 Å². The van der Waals surface area contributed by atoms with Crippen molar-refractivity contribution in [3.05, 3.63) is 96.1 Å². The van der Waals surface area contributed by atoms with Crippen molar-refractivity contribution >= 4 is 56.7 Å². The van der Waals surface area contributed by atoms with E-state index in [0.29, 0.717) is 25.0 Å². The highest BCUT2D eigenvalue weighted by atomic mass is 16.7. The number of ether oxygens (including phenoxy) is 1. The fourth-order valence-electron chi connectivity index (χ4n) is 8.06. The van der Waals surface area contributed by atoms with E-state index in [2.05, 4.69) is 46.1 Å². The van der Waals surface area contributed by atoms with Crippen molar-refractivity contribution in [3.8, 4) is 0 Å². The van der Waals surface area contributed by atoms with E-state index >= 15 is 0 Å². The van der Waals surface area contributed by atoms with Gasteiger partial charge in [-0.05, 0) is 57.9 Å². The predicted molar refractivity (Wildman–Crippen MR) is 214 cm³/mol. The van der Waals surface area contributed by atoms with Gasteiger partial charge in [0.2, 0.25) is 11.7 Å². The molecule has 0 bridgehead atoms. The molecule has 2 heterocycles. The Kier molecular flexibility index (Phi) is 11.0. The summed E-state index contributed by atoms with van der Waals surface area (Å²) in [5.74, 6) is -2.92. The van der Waals surface area contributed by atoms with Crippen molar-refractivity contribution < 1.29 is 33.5 Å². The van der Waals surface area contributed by atoms with Crippen molar-refractivity contribution in [2.45, 2.75) is 103 Å². The standard InChI is InChI=1S/C45H50N4O7/c1-5-13-31(39(51)41(52)46-32-20-21-32)23-37(50)36-25-45(24-35(48-56-45)38-33-18-11-9-16-29(33)22-30-17-10-12-19-34(30)38)27-49(36)42(53)40(44(2,3)4)47-43(54)55-26-28-14-7-6-8-15-28/h6-12,14-19,22,31-32,36,40H,5,13,20-21,23-27H2,1-4H3,(H,46,52)(H,47,54)/t31-,36+,40-,45-/m1/s1. The largest absolute Gasteiger partial charge is 0.445 e. The van der Waals surface area contributed by atoms with Gasteiger partial charge in [-0.15, -0.1) is 0 Å². The van der Waals surface area contributed by atoms with E-state index < -0.39 is 52.7 Å². The predicted octanol–water partition coefficient (Wildman–Crippen LogP) is 7.02. The molecule has 1 aliphatic carbocycles. The number of Topliss-reactive ketones (excluding diaryl/α,β-unsaturated/α-hetero) is 2. The first-order chi connectivity index (χ1) is 26.9. The molecule has 0 unspecified atom stereocenters. The van der Waals surface area contributed by atoms with Crippen LogP contribution in [0.1, 0.15) is 83.8 Å². The van der Waals surface area contributed by atoms with Crippen LogP contribution in [0.25, 0.3) is 21.5 Å². The lowest BCUT2D eigenvalue weighted by Crippen LogP contribution is -2.57. The number of hydrogen-bond acceptors (Lipinski definition) is 8. The Morgan fingerprint density at radius 2 is 1.57 bits per heavy atom. The lowest BCUT2D eigenvalue weighted by molar-refractivity contribution is -0.144. The molecule has 2 N–H and O–H groups in total. The molecule has 56 heavy (non-hydrogen) atoms. The highest BCUT2D eigenvalue weighted by Crippen LogP contribution is 2.43. The fourth-order valence-corrected chi connectivity index (χ4v) is 8.06. The van der Waals surface area contributed by atoms with Gasteiger partial charge in [0.1, 0.15) is 12.6 Å². The van der Waals surface area contributed by atoms with Crippen LogP contribution in [0.5, 0.6) is 0 Å². The van der Waals surface area contributed by atoms with Crippen molar-refractivity contribution in [3.63, 3.8) is 0 Å². The molecule has 3 amide bonds. The first-order valence-corrected chi connectivity index (χ1v) is 19.7. The number of alkyl carbamates (subject to hydrolysis) is 1. The van der Waals surface area contributed by atoms with Crippen molar-refractivity contribution in [1.29, 1.82) is 0 Å². The smallest absolute Gasteiger partial charge is 0.408 e. The molecule has 11 heteroatoms. The lowest BCUT2D eigenvalue weighted by Gasteiger charge is -2.35. The summed E-state index contributed by atoms with van der Waals surface area (Å²) in [5.41, 5.74) is 0.614. The minimum Gasteiger partial charge on any atom is -0.445 e. The zero-order valence-corrected chi connectivity index (χ0v) is 32.5. The molecule has 1 spiro atoms. The maximum absolute atomic E-state index is 14.8. The Morgan fingerprint density at radius 1 is 0.929 bits per heavy atom. The summed E-state index contributed by atoms with van der Waals surface area (Å²) >= 11 is 0. The van der Waals surface area contributed by atoms with E-state index in [1.54, 1.807) is 0 Å². The molecule has 1 saturated heterocycles. The number of fused-ring (bicyclic) bond motifs is 2. The van der Waals surface area contributed by atoms with Gasteiger partial charge in [-0.2, -0.15) is 0 Å². The van der Waals surface area contributed by atoms with E-state index in [0.717, 1.165) is 45.5 Å². The van der Waals surface area contributed by atoms with Crippen LogP contribution in [0, 0.1) is 11.3 Å². The molecule has 11 nitrogen and oxygen atoms in total. The number of carbonyl (C=O) groups is 5. The Bertz CT molecular complexity index is 2140. The SMILES string of the molecule is CCC[C@H](CC(=O)[C@@H]1C[C@]2(CC(c3c4ccccc4cc4ccccc34)=NO2)CN1C(=O)[C@@H](NC(=O)OCc1ccccc1)C(C)(C)C)C(=O)C(=O)NC1CC1. The maximum atomic E-state index is 14.8. The number of amides is 3. The highest BCUT2D eigenvalue weighted by molar-refractivity contribution is 6.37. The lowest BCUT2D eigenvalue weighted by atomic mass is 9.85. The average molecular weight is 759 g/mol. The van der Waals surface area contributed by atoms with Gasteiger partial charge >= 0.3 is 6.09 Å². The number of hydrogen-bond donors (Lipinski definition) is 2. The highest BCUT2D eigenvalue weighted by Gasteiger charge is 2.55. The molecule has 7 rings (SSSR count). The number of carbonyl (C=O) groups excluding carboxylic acids is 5. The monoisotopic (exact) mass is 758 g/mol. The van der Waals surface area contributed by atoms with Crippen LogP contribution in [0.4, 0.5) is 4.79 Å². The van der Waals surface area contributed by atoms with Gasteiger partial charge < -0.3 is 25.1 Å². The third-order valence-corrected chi connectivity index (χ3v) is 11.1. The molecule has 4 aromatic rings. The Morgan fingerprint density at radius 3 is 2.20 bits per heavy atom. The van der Waals surface area contributed by atoms with Gasteiger partial charge in [-0.1, -0.05) is 118 Å². The molecule has 2 aliphatic heterocycles. The summed E-state index contributed by atoms with van der Waals surface area (Å²) in [6.45, 7) is 7.46. The molecule has 1 saturated carbocycles. The van der Waals surface area contributed by atoms with Gasteiger partial charge in [-0.3, -0.25) is 19.2 Å². The van der Waals surface area contributed by atoms with Gasteiger partial charge in [0.15, 0.2) is 11.4 Å².